The van der Waals surface area contributed by atoms with Crippen LogP contribution in [0.3, 0.4) is 0 Å². The Kier molecular flexibility index (Phi) is 5.53. The van der Waals surface area contributed by atoms with Gasteiger partial charge in [-0.2, -0.15) is 0 Å². The van der Waals surface area contributed by atoms with Crippen molar-refractivity contribution in [2.75, 3.05) is 5.32 Å². The Hall–Kier alpha value is -2.86. The zero-order chi connectivity index (χ0) is 18.5. The predicted octanol–water partition coefficient (Wildman–Crippen LogP) is 3.72. The SMILES string of the molecule is CC(OC(=O)CCc1c[nH]c2ccccc12)C(=O)Nc1ccc(Cl)cn1. The summed E-state index contributed by atoms with van der Waals surface area (Å²) in [5.74, 6) is -0.525. The number of H-pyrrole nitrogens is 1. The van der Waals surface area contributed by atoms with Gasteiger partial charge in [-0.1, -0.05) is 29.8 Å². The van der Waals surface area contributed by atoms with Gasteiger partial charge in [0.25, 0.3) is 5.91 Å². The number of aryl methyl sites for hydroxylation is 1. The highest BCUT2D eigenvalue weighted by atomic mass is 35.5. The third-order valence-electron chi connectivity index (χ3n) is 3.93. The molecule has 0 saturated heterocycles. The third kappa shape index (κ3) is 4.40. The molecule has 3 rings (SSSR count). The zero-order valence-corrected chi connectivity index (χ0v) is 14.9. The highest BCUT2D eigenvalue weighted by Gasteiger charge is 2.18. The summed E-state index contributed by atoms with van der Waals surface area (Å²) in [7, 11) is 0. The number of ether oxygens (including phenoxy) is 1. The number of halogens is 1. The summed E-state index contributed by atoms with van der Waals surface area (Å²) in [4.78, 5) is 31.3. The average molecular weight is 372 g/mol. The van der Waals surface area contributed by atoms with Crippen molar-refractivity contribution in [2.24, 2.45) is 0 Å². The second kappa shape index (κ2) is 8.01. The van der Waals surface area contributed by atoms with Gasteiger partial charge in [0.2, 0.25) is 0 Å². The maximum Gasteiger partial charge on any atom is 0.306 e. The Balaban J connectivity index is 1.50. The molecule has 0 aliphatic heterocycles. The van der Waals surface area contributed by atoms with Crippen LogP contribution >= 0.6 is 11.6 Å². The van der Waals surface area contributed by atoms with Crippen molar-refractivity contribution < 1.29 is 14.3 Å². The molecule has 26 heavy (non-hydrogen) atoms. The van der Waals surface area contributed by atoms with E-state index in [9.17, 15) is 9.59 Å². The fourth-order valence-corrected chi connectivity index (χ4v) is 2.67. The number of esters is 1. The van der Waals surface area contributed by atoms with Crippen LogP contribution in [0.5, 0.6) is 0 Å². The fraction of sp³-hybridized carbons (Fsp3) is 0.211. The smallest absolute Gasteiger partial charge is 0.306 e. The van der Waals surface area contributed by atoms with Gasteiger partial charge in [-0.05, 0) is 37.1 Å². The average Bonchev–Trinajstić information content (AvgIpc) is 3.05. The van der Waals surface area contributed by atoms with Crippen LogP contribution in [0.4, 0.5) is 5.82 Å². The maximum atomic E-state index is 12.1. The molecule has 6 nitrogen and oxygen atoms in total. The number of aromatic amines is 1. The van der Waals surface area contributed by atoms with Gasteiger partial charge in [0.1, 0.15) is 5.82 Å². The molecule has 0 saturated carbocycles. The monoisotopic (exact) mass is 371 g/mol. The Labute approximate surface area is 155 Å². The van der Waals surface area contributed by atoms with Crippen molar-refractivity contribution in [2.45, 2.75) is 25.9 Å². The molecule has 3 aromatic rings. The molecule has 0 aliphatic carbocycles. The highest BCUT2D eigenvalue weighted by Crippen LogP contribution is 2.19. The predicted molar refractivity (Wildman–Crippen MR) is 100 cm³/mol. The van der Waals surface area contributed by atoms with Crippen molar-refractivity contribution in [3.05, 3.63) is 59.4 Å². The van der Waals surface area contributed by atoms with E-state index in [0.29, 0.717) is 17.3 Å². The molecule has 1 unspecified atom stereocenters. The summed E-state index contributed by atoms with van der Waals surface area (Å²) >= 11 is 5.75. The van der Waals surface area contributed by atoms with Gasteiger partial charge in [0, 0.05) is 29.7 Å². The summed E-state index contributed by atoms with van der Waals surface area (Å²) in [6.45, 7) is 1.52. The number of benzene rings is 1. The molecule has 2 aromatic heterocycles. The van der Waals surface area contributed by atoms with Gasteiger partial charge in [-0.15, -0.1) is 0 Å². The molecule has 1 amide bonds. The Bertz CT molecular complexity index is 921. The number of carbonyl (C=O) groups excluding carboxylic acids is 2. The fourth-order valence-electron chi connectivity index (χ4n) is 2.56. The largest absolute Gasteiger partial charge is 0.453 e. The number of pyridine rings is 1. The number of anilines is 1. The maximum absolute atomic E-state index is 12.1. The summed E-state index contributed by atoms with van der Waals surface area (Å²) in [6.07, 6.45) is 3.13. The van der Waals surface area contributed by atoms with E-state index in [0.717, 1.165) is 16.5 Å². The van der Waals surface area contributed by atoms with E-state index in [2.05, 4.69) is 15.3 Å². The van der Waals surface area contributed by atoms with Crippen LogP contribution in [0.15, 0.2) is 48.8 Å². The molecule has 0 spiro atoms. The normalized spacial score (nSPS) is 11.9. The number of fused-ring (bicyclic) bond motifs is 1. The van der Waals surface area contributed by atoms with Crippen molar-refractivity contribution >= 4 is 40.2 Å². The van der Waals surface area contributed by atoms with E-state index in [1.807, 2.05) is 30.5 Å². The quantitative estimate of drug-likeness (QED) is 0.647. The number of aromatic nitrogens is 2. The van der Waals surface area contributed by atoms with Crippen molar-refractivity contribution in [1.82, 2.24) is 9.97 Å². The molecule has 0 fully saturated rings. The molecule has 2 heterocycles. The molecular formula is C19H18ClN3O3. The van der Waals surface area contributed by atoms with E-state index < -0.39 is 18.0 Å². The summed E-state index contributed by atoms with van der Waals surface area (Å²) < 4.78 is 5.20. The van der Waals surface area contributed by atoms with E-state index in [1.165, 1.54) is 13.1 Å². The van der Waals surface area contributed by atoms with Crippen LogP contribution in [0.2, 0.25) is 5.02 Å². The minimum Gasteiger partial charge on any atom is -0.453 e. The molecule has 1 aromatic carbocycles. The van der Waals surface area contributed by atoms with Gasteiger partial charge < -0.3 is 15.0 Å². The topological polar surface area (TPSA) is 84.1 Å². The molecular weight excluding hydrogens is 354 g/mol. The third-order valence-corrected chi connectivity index (χ3v) is 4.15. The van der Waals surface area contributed by atoms with Crippen LogP contribution in [-0.4, -0.2) is 27.9 Å². The number of nitrogens with one attached hydrogen (secondary N) is 2. The molecule has 0 bridgehead atoms. The van der Waals surface area contributed by atoms with Crippen LogP contribution in [-0.2, 0) is 20.7 Å². The minimum atomic E-state index is -0.914. The first-order chi connectivity index (χ1) is 12.5. The van der Waals surface area contributed by atoms with Crippen molar-refractivity contribution in [3.63, 3.8) is 0 Å². The van der Waals surface area contributed by atoms with Gasteiger partial charge in [-0.25, -0.2) is 4.98 Å². The van der Waals surface area contributed by atoms with Crippen LogP contribution < -0.4 is 5.32 Å². The molecule has 0 aliphatic rings. The van der Waals surface area contributed by atoms with Crippen molar-refractivity contribution in [1.29, 1.82) is 0 Å². The number of amides is 1. The lowest BCUT2D eigenvalue weighted by molar-refractivity contribution is -0.153. The molecule has 134 valence electrons. The van der Waals surface area contributed by atoms with Gasteiger partial charge in [-0.3, -0.25) is 9.59 Å². The Morgan fingerprint density at radius 1 is 1.27 bits per heavy atom. The summed E-state index contributed by atoms with van der Waals surface area (Å²) in [6, 6.07) is 11.1. The van der Waals surface area contributed by atoms with E-state index in [4.69, 9.17) is 16.3 Å². The van der Waals surface area contributed by atoms with Crippen LogP contribution in [0.1, 0.15) is 18.9 Å². The standard InChI is InChI=1S/C19H18ClN3O3/c1-12(19(25)23-17-8-7-14(20)11-22-17)26-18(24)9-6-13-10-21-16-5-3-2-4-15(13)16/h2-5,7-8,10-12,21H,6,9H2,1H3,(H,22,23,25). The van der Waals surface area contributed by atoms with Gasteiger partial charge in [0.15, 0.2) is 6.10 Å². The second-order valence-corrected chi connectivity index (χ2v) is 6.28. The Morgan fingerprint density at radius 2 is 2.08 bits per heavy atom. The molecule has 2 N–H and O–H groups in total. The lowest BCUT2D eigenvalue weighted by Gasteiger charge is -2.13. The van der Waals surface area contributed by atoms with E-state index in [-0.39, 0.29) is 6.42 Å². The lowest BCUT2D eigenvalue weighted by Crippen LogP contribution is -2.30. The highest BCUT2D eigenvalue weighted by molar-refractivity contribution is 6.30. The number of hydrogen-bond acceptors (Lipinski definition) is 4. The Morgan fingerprint density at radius 3 is 2.85 bits per heavy atom. The van der Waals surface area contributed by atoms with Crippen LogP contribution in [0.25, 0.3) is 10.9 Å². The number of nitrogens with zero attached hydrogens (tertiary/aromatic N) is 1. The zero-order valence-electron chi connectivity index (χ0n) is 14.2. The lowest BCUT2D eigenvalue weighted by atomic mass is 10.1. The minimum absolute atomic E-state index is 0.193. The van der Waals surface area contributed by atoms with Crippen molar-refractivity contribution in [3.8, 4) is 0 Å². The van der Waals surface area contributed by atoms with Gasteiger partial charge in [0.05, 0.1) is 5.02 Å². The number of rotatable bonds is 6. The molecule has 0 radical (unpaired) electrons. The first kappa shape index (κ1) is 17.9. The molecule has 1 atom stereocenters. The summed E-state index contributed by atoms with van der Waals surface area (Å²) in [5, 5.41) is 4.13. The van der Waals surface area contributed by atoms with Gasteiger partial charge >= 0.3 is 5.97 Å². The summed E-state index contributed by atoms with van der Waals surface area (Å²) in [5.41, 5.74) is 2.07. The number of carbonyl (C=O) groups is 2. The second-order valence-electron chi connectivity index (χ2n) is 5.84. The first-order valence-corrected chi connectivity index (χ1v) is 8.57. The number of para-hydroxylation sites is 1. The first-order valence-electron chi connectivity index (χ1n) is 8.20. The van der Waals surface area contributed by atoms with E-state index in [1.54, 1.807) is 12.1 Å². The van der Waals surface area contributed by atoms with Crippen LogP contribution in [0, 0.1) is 0 Å². The number of hydrogen-bond donors (Lipinski definition) is 2. The molecule has 7 heteroatoms. The van der Waals surface area contributed by atoms with E-state index >= 15 is 0 Å².